The largest absolute Gasteiger partial charge is 0.349 e. The predicted octanol–water partition coefficient (Wildman–Crippen LogP) is 2.48. The molecule has 18 heavy (non-hydrogen) atoms. The van der Waals surface area contributed by atoms with Crippen molar-refractivity contribution in [2.45, 2.75) is 57.9 Å². The van der Waals surface area contributed by atoms with Gasteiger partial charge in [-0.1, -0.05) is 13.3 Å². The van der Waals surface area contributed by atoms with E-state index in [0.717, 1.165) is 5.92 Å². The monoisotopic (exact) mass is 274 g/mol. The van der Waals surface area contributed by atoms with Crippen molar-refractivity contribution in [3.05, 3.63) is 0 Å². The summed E-state index contributed by atoms with van der Waals surface area (Å²) in [6, 6.07) is 0. The Balaban J connectivity index is 0.00000162. The summed E-state index contributed by atoms with van der Waals surface area (Å²) in [6.07, 6.45) is 6.86. The van der Waals surface area contributed by atoms with E-state index >= 15 is 0 Å². The number of hydrogen-bond acceptors (Lipinski definition) is 2. The van der Waals surface area contributed by atoms with Crippen LogP contribution in [0.5, 0.6) is 0 Å². The summed E-state index contributed by atoms with van der Waals surface area (Å²) >= 11 is 0. The zero-order chi connectivity index (χ0) is 12.5. The molecular formula is C14H27ClN2O. The van der Waals surface area contributed by atoms with Crippen molar-refractivity contribution in [2.75, 3.05) is 6.54 Å². The highest BCUT2D eigenvalue weighted by molar-refractivity contribution is 5.85. The fraction of sp³-hybridized carbons (Fsp3) is 0.929. The minimum absolute atomic E-state index is 0. The highest BCUT2D eigenvalue weighted by Gasteiger charge is 2.41. The van der Waals surface area contributed by atoms with Gasteiger partial charge in [-0.3, -0.25) is 4.79 Å². The maximum absolute atomic E-state index is 12.0. The summed E-state index contributed by atoms with van der Waals surface area (Å²) in [5.74, 6) is 2.23. The SMILES string of the molecule is CC1CCC(CC(=O)NC(C)(CN)C2CC2)C1.Cl. The minimum atomic E-state index is -0.151. The Kier molecular flexibility index (Phi) is 5.47. The third kappa shape index (κ3) is 3.86. The molecule has 3 N–H and O–H groups in total. The Hall–Kier alpha value is -0.280. The van der Waals surface area contributed by atoms with Crippen molar-refractivity contribution in [3.8, 4) is 0 Å². The van der Waals surface area contributed by atoms with Crippen molar-refractivity contribution in [1.82, 2.24) is 5.32 Å². The fourth-order valence-electron chi connectivity index (χ4n) is 3.18. The van der Waals surface area contributed by atoms with Crippen molar-refractivity contribution >= 4 is 18.3 Å². The summed E-state index contributed by atoms with van der Waals surface area (Å²) in [5.41, 5.74) is 5.66. The lowest BCUT2D eigenvalue weighted by molar-refractivity contribution is -0.123. The van der Waals surface area contributed by atoms with E-state index in [9.17, 15) is 4.79 Å². The minimum Gasteiger partial charge on any atom is -0.349 e. The van der Waals surface area contributed by atoms with Gasteiger partial charge >= 0.3 is 0 Å². The molecule has 0 heterocycles. The summed E-state index contributed by atoms with van der Waals surface area (Å²) < 4.78 is 0. The first-order chi connectivity index (χ1) is 8.03. The molecule has 2 aliphatic rings. The number of carbonyl (C=O) groups excluding carboxylic acids is 1. The van der Waals surface area contributed by atoms with Crippen LogP contribution in [0, 0.1) is 17.8 Å². The van der Waals surface area contributed by atoms with Gasteiger partial charge in [-0.05, 0) is 50.4 Å². The maximum atomic E-state index is 12.0. The summed E-state index contributed by atoms with van der Waals surface area (Å²) in [7, 11) is 0. The molecule has 3 unspecified atom stereocenters. The molecule has 2 saturated carbocycles. The van der Waals surface area contributed by atoms with Crippen molar-refractivity contribution in [2.24, 2.45) is 23.5 Å². The number of carbonyl (C=O) groups is 1. The first-order valence-electron chi connectivity index (χ1n) is 7.04. The molecule has 0 aromatic carbocycles. The molecule has 1 amide bonds. The van der Waals surface area contributed by atoms with Crippen LogP contribution in [0.1, 0.15) is 52.4 Å². The van der Waals surface area contributed by atoms with E-state index in [0.29, 0.717) is 24.8 Å². The quantitative estimate of drug-likeness (QED) is 0.809. The molecule has 0 bridgehead atoms. The van der Waals surface area contributed by atoms with Gasteiger partial charge in [0.2, 0.25) is 5.91 Å². The maximum Gasteiger partial charge on any atom is 0.220 e. The van der Waals surface area contributed by atoms with Crippen molar-refractivity contribution in [3.63, 3.8) is 0 Å². The number of amides is 1. The van der Waals surface area contributed by atoms with Gasteiger partial charge in [0.25, 0.3) is 0 Å². The van der Waals surface area contributed by atoms with Gasteiger partial charge in [0.15, 0.2) is 0 Å². The van der Waals surface area contributed by atoms with Crippen LogP contribution in [0.25, 0.3) is 0 Å². The van der Waals surface area contributed by atoms with Crippen LogP contribution in [0.2, 0.25) is 0 Å². The number of hydrogen-bond donors (Lipinski definition) is 2. The first kappa shape index (κ1) is 15.8. The van der Waals surface area contributed by atoms with Gasteiger partial charge in [-0.2, -0.15) is 0 Å². The lowest BCUT2D eigenvalue weighted by atomic mass is 9.94. The van der Waals surface area contributed by atoms with Crippen LogP contribution >= 0.6 is 12.4 Å². The summed E-state index contributed by atoms with van der Waals surface area (Å²) in [5, 5.41) is 3.18. The average Bonchev–Trinajstić information content (AvgIpc) is 3.04. The lowest BCUT2D eigenvalue weighted by Crippen LogP contribution is -2.53. The Labute approximate surface area is 117 Å². The second-order valence-electron chi connectivity index (χ2n) is 6.43. The van der Waals surface area contributed by atoms with E-state index in [4.69, 9.17) is 5.73 Å². The molecule has 2 rings (SSSR count). The zero-order valence-electron chi connectivity index (χ0n) is 11.6. The van der Waals surface area contributed by atoms with Gasteiger partial charge in [-0.25, -0.2) is 0 Å². The molecular weight excluding hydrogens is 248 g/mol. The summed E-state index contributed by atoms with van der Waals surface area (Å²) in [4.78, 5) is 12.0. The van der Waals surface area contributed by atoms with E-state index in [2.05, 4.69) is 19.2 Å². The molecule has 3 nitrogen and oxygen atoms in total. The van der Waals surface area contributed by atoms with E-state index < -0.39 is 0 Å². The fourth-order valence-corrected chi connectivity index (χ4v) is 3.18. The van der Waals surface area contributed by atoms with Crippen LogP contribution in [0.4, 0.5) is 0 Å². The van der Waals surface area contributed by atoms with Gasteiger partial charge in [-0.15, -0.1) is 12.4 Å². The Bertz CT molecular complexity index is 294. The van der Waals surface area contributed by atoms with Crippen molar-refractivity contribution < 1.29 is 4.79 Å². The second-order valence-corrected chi connectivity index (χ2v) is 6.43. The highest BCUT2D eigenvalue weighted by Crippen LogP contribution is 2.39. The predicted molar refractivity (Wildman–Crippen MR) is 76.7 cm³/mol. The molecule has 0 saturated heterocycles. The average molecular weight is 275 g/mol. The standard InChI is InChI=1S/C14H26N2O.ClH/c1-10-3-4-11(7-10)8-13(17)16-14(2,9-15)12-5-6-12;/h10-12H,3-9,15H2,1-2H3,(H,16,17);1H. The van der Waals surface area contributed by atoms with Gasteiger partial charge in [0, 0.05) is 13.0 Å². The molecule has 4 heteroatoms. The first-order valence-corrected chi connectivity index (χ1v) is 7.04. The third-order valence-corrected chi connectivity index (χ3v) is 4.60. The molecule has 2 fully saturated rings. The normalized spacial score (nSPS) is 30.4. The zero-order valence-corrected chi connectivity index (χ0v) is 12.4. The van der Waals surface area contributed by atoms with Crippen LogP contribution in [0.15, 0.2) is 0 Å². The Morgan fingerprint density at radius 2 is 2.00 bits per heavy atom. The van der Waals surface area contributed by atoms with Gasteiger partial charge < -0.3 is 11.1 Å². The molecule has 106 valence electrons. The number of nitrogens with one attached hydrogen (secondary N) is 1. The number of rotatable bonds is 5. The van der Waals surface area contributed by atoms with Gasteiger partial charge in [0.05, 0.1) is 5.54 Å². The smallest absolute Gasteiger partial charge is 0.220 e. The van der Waals surface area contributed by atoms with Gasteiger partial charge in [0.1, 0.15) is 0 Å². The molecule has 0 aliphatic heterocycles. The van der Waals surface area contributed by atoms with E-state index in [1.165, 1.54) is 32.1 Å². The molecule has 0 radical (unpaired) electrons. The highest BCUT2D eigenvalue weighted by atomic mass is 35.5. The van der Waals surface area contributed by atoms with E-state index in [-0.39, 0.29) is 23.9 Å². The van der Waals surface area contributed by atoms with Crippen LogP contribution < -0.4 is 11.1 Å². The second kappa shape index (κ2) is 6.25. The molecule has 0 aromatic heterocycles. The Morgan fingerprint density at radius 1 is 1.33 bits per heavy atom. The van der Waals surface area contributed by atoms with Crippen LogP contribution in [-0.2, 0) is 4.79 Å². The van der Waals surface area contributed by atoms with Crippen LogP contribution in [0.3, 0.4) is 0 Å². The van der Waals surface area contributed by atoms with E-state index in [1.54, 1.807) is 0 Å². The molecule has 3 atom stereocenters. The molecule has 0 aromatic rings. The lowest BCUT2D eigenvalue weighted by Gasteiger charge is -2.30. The van der Waals surface area contributed by atoms with Crippen molar-refractivity contribution in [1.29, 1.82) is 0 Å². The topological polar surface area (TPSA) is 55.1 Å². The number of halogens is 1. The molecule has 0 spiro atoms. The molecule has 2 aliphatic carbocycles. The van der Waals surface area contributed by atoms with Crippen LogP contribution in [-0.4, -0.2) is 18.0 Å². The third-order valence-electron chi connectivity index (χ3n) is 4.60. The Morgan fingerprint density at radius 3 is 2.44 bits per heavy atom. The number of nitrogens with two attached hydrogens (primary N) is 1. The van der Waals surface area contributed by atoms with E-state index in [1.807, 2.05) is 0 Å². The summed E-state index contributed by atoms with van der Waals surface area (Å²) in [6.45, 7) is 4.94.